The molecule has 2 aromatic carbocycles. The molecule has 0 unspecified atom stereocenters. The van der Waals surface area contributed by atoms with Crippen LogP contribution in [-0.4, -0.2) is 31.0 Å². The number of nitrogens with zero attached hydrogens (tertiary/aromatic N) is 2. The van der Waals surface area contributed by atoms with Crippen molar-refractivity contribution in [2.45, 2.75) is 19.8 Å². The van der Waals surface area contributed by atoms with E-state index in [1.54, 1.807) is 30.3 Å². The summed E-state index contributed by atoms with van der Waals surface area (Å²) in [5, 5.41) is 14.4. The number of nitro groups is 1. The maximum absolute atomic E-state index is 12.7. The van der Waals surface area contributed by atoms with E-state index in [-0.39, 0.29) is 11.3 Å². The summed E-state index contributed by atoms with van der Waals surface area (Å²) in [6, 6.07) is 9.87. The van der Waals surface area contributed by atoms with Crippen LogP contribution in [0.5, 0.6) is 5.75 Å². The van der Waals surface area contributed by atoms with Crippen molar-refractivity contribution in [3.05, 3.63) is 56.5 Å². The first-order valence-corrected chi connectivity index (χ1v) is 9.86. The van der Waals surface area contributed by atoms with Gasteiger partial charge in [0.05, 0.1) is 17.7 Å². The van der Waals surface area contributed by atoms with Gasteiger partial charge >= 0.3 is 0 Å². The number of ether oxygens (including phenoxy) is 1. The Morgan fingerprint density at radius 2 is 1.96 bits per heavy atom. The van der Waals surface area contributed by atoms with Gasteiger partial charge < -0.3 is 15.0 Å². The molecule has 2 aromatic rings. The van der Waals surface area contributed by atoms with Gasteiger partial charge in [-0.1, -0.05) is 22.9 Å². The lowest BCUT2D eigenvalue weighted by molar-refractivity contribution is -0.384. The minimum Gasteiger partial charge on any atom is -0.495 e. The van der Waals surface area contributed by atoms with Crippen LogP contribution in [-0.2, 0) is 0 Å². The predicted molar refractivity (Wildman–Crippen MR) is 112 cm³/mol. The summed E-state index contributed by atoms with van der Waals surface area (Å²) < 4.78 is 6.04. The summed E-state index contributed by atoms with van der Waals surface area (Å²) in [5.41, 5.74) is 1.22. The van der Waals surface area contributed by atoms with Crippen LogP contribution in [0.3, 0.4) is 0 Å². The van der Waals surface area contributed by atoms with E-state index in [1.807, 2.05) is 4.90 Å². The van der Waals surface area contributed by atoms with Gasteiger partial charge in [-0.05, 0) is 49.1 Å². The van der Waals surface area contributed by atoms with Crippen LogP contribution < -0.4 is 15.0 Å². The first-order chi connectivity index (χ1) is 13.4. The van der Waals surface area contributed by atoms with Gasteiger partial charge in [0.2, 0.25) is 0 Å². The van der Waals surface area contributed by atoms with Crippen LogP contribution in [0.15, 0.2) is 40.9 Å². The van der Waals surface area contributed by atoms with Crippen LogP contribution in [0, 0.1) is 16.0 Å². The smallest absolute Gasteiger partial charge is 0.293 e. The first-order valence-electron chi connectivity index (χ1n) is 9.07. The monoisotopic (exact) mass is 447 g/mol. The molecule has 8 heteroatoms. The van der Waals surface area contributed by atoms with Gasteiger partial charge in [-0.15, -0.1) is 0 Å². The highest BCUT2D eigenvalue weighted by molar-refractivity contribution is 9.10. The molecule has 1 aliphatic rings. The fourth-order valence-electron chi connectivity index (χ4n) is 3.30. The summed E-state index contributed by atoms with van der Waals surface area (Å²) >= 11 is 3.36. The zero-order valence-corrected chi connectivity index (χ0v) is 17.4. The lowest BCUT2D eigenvalue weighted by atomic mass is 9.98. The summed E-state index contributed by atoms with van der Waals surface area (Å²) in [6.45, 7) is 3.75. The van der Waals surface area contributed by atoms with Gasteiger partial charge in [0, 0.05) is 29.2 Å². The molecule has 0 atom stereocenters. The molecule has 28 heavy (non-hydrogen) atoms. The lowest BCUT2D eigenvalue weighted by Crippen LogP contribution is -2.33. The highest BCUT2D eigenvalue weighted by Crippen LogP contribution is 2.33. The minimum atomic E-state index is -0.432. The van der Waals surface area contributed by atoms with Crippen molar-refractivity contribution in [3.63, 3.8) is 0 Å². The molecule has 0 aliphatic carbocycles. The standard InChI is InChI=1S/C20H22BrN3O4/c1-13-7-9-23(10-8-13)17-5-3-14(11-18(17)24(26)27)20(25)22-16-12-15(21)4-6-19(16)28-2/h3-6,11-13H,7-10H2,1-2H3,(H,22,25). The fraction of sp³-hybridized carbons (Fsp3) is 0.350. The second-order valence-corrected chi connectivity index (χ2v) is 7.84. The van der Waals surface area contributed by atoms with Gasteiger partial charge in [0.1, 0.15) is 11.4 Å². The Hall–Kier alpha value is -2.61. The summed E-state index contributed by atoms with van der Waals surface area (Å²) in [6.07, 6.45) is 2.00. The van der Waals surface area contributed by atoms with Crippen LogP contribution >= 0.6 is 15.9 Å². The van der Waals surface area contributed by atoms with E-state index < -0.39 is 10.8 Å². The van der Waals surface area contributed by atoms with Gasteiger partial charge in [-0.3, -0.25) is 14.9 Å². The Morgan fingerprint density at radius 3 is 2.61 bits per heavy atom. The topological polar surface area (TPSA) is 84.7 Å². The van der Waals surface area contributed by atoms with E-state index in [1.165, 1.54) is 13.2 Å². The van der Waals surface area contributed by atoms with Crippen LogP contribution in [0.25, 0.3) is 0 Å². The molecule has 1 amide bonds. The van der Waals surface area contributed by atoms with E-state index in [0.29, 0.717) is 23.0 Å². The molecule has 148 valence electrons. The summed E-state index contributed by atoms with van der Waals surface area (Å²) in [5.74, 6) is 0.698. The Bertz CT molecular complexity index is 895. The van der Waals surface area contributed by atoms with Crippen molar-refractivity contribution in [2.24, 2.45) is 5.92 Å². The van der Waals surface area contributed by atoms with Gasteiger partial charge in [0.25, 0.3) is 11.6 Å². The molecule has 7 nitrogen and oxygen atoms in total. The number of nitro benzene ring substituents is 1. The van der Waals surface area contributed by atoms with E-state index in [4.69, 9.17) is 4.74 Å². The third kappa shape index (κ3) is 4.44. The maximum atomic E-state index is 12.7. The van der Waals surface area contributed by atoms with E-state index in [9.17, 15) is 14.9 Å². The fourth-order valence-corrected chi connectivity index (χ4v) is 3.66. The molecule has 1 saturated heterocycles. The average Bonchev–Trinajstić information content (AvgIpc) is 2.68. The van der Waals surface area contributed by atoms with Gasteiger partial charge in [-0.25, -0.2) is 0 Å². The molecule has 1 N–H and O–H groups in total. The van der Waals surface area contributed by atoms with E-state index in [2.05, 4.69) is 28.2 Å². The number of anilines is 2. The third-order valence-electron chi connectivity index (χ3n) is 4.97. The molecule has 1 fully saturated rings. The summed E-state index contributed by atoms with van der Waals surface area (Å²) in [7, 11) is 1.51. The van der Waals surface area contributed by atoms with Gasteiger partial charge in [0.15, 0.2) is 0 Å². The lowest BCUT2D eigenvalue weighted by Gasteiger charge is -2.31. The van der Waals surface area contributed by atoms with E-state index in [0.717, 1.165) is 30.4 Å². The number of nitrogens with one attached hydrogen (secondary N) is 1. The van der Waals surface area contributed by atoms with E-state index >= 15 is 0 Å². The molecular weight excluding hydrogens is 426 g/mol. The van der Waals surface area contributed by atoms with Crippen LogP contribution in [0.4, 0.5) is 17.1 Å². The van der Waals surface area contributed by atoms with Crippen molar-refractivity contribution in [3.8, 4) is 5.75 Å². The van der Waals surface area contributed by atoms with Crippen molar-refractivity contribution in [2.75, 3.05) is 30.4 Å². The SMILES string of the molecule is COc1ccc(Br)cc1NC(=O)c1ccc(N2CCC(C)CC2)c([N+](=O)[O-])c1. The molecule has 1 heterocycles. The average molecular weight is 448 g/mol. The number of methoxy groups -OCH3 is 1. The molecule has 0 radical (unpaired) electrons. The Labute approximate surface area is 172 Å². The summed E-state index contributed by atoms with van der Waals surface area (Å²) in [4.78, 5) is 25.9. The number of halogens is 1. The highest BCUT2D eigenvalue weighted by Gasteiger charge is 2.25. The van der Waals surface area contributed by atoms with Crippen molar-refractivity contribution < 1.29 is 14.5 Å². The zero-order valence-electron chi connectivity index (χ0n) is 15.8. The van der Waals surface area contributed by atoms with Crippen LogP contribution in [0.2, 0.25) is 0 Å². The molecular formula is C20H22BrN3O4. The number of amides is 1. The third-order valence-corrected chi connectivity index (χ3v) is 5.46. The largest absolute Gasteiger partial charge is 0.495 e. The Morgan fingerprint density at radius 1 is 1.25 bits per heavy atom. The van der Waals surface area contributed by atoms with Crippen LogP contribution in [0.1, 0.15) is 30.1 Å². The van der Waals surface area contributed by atoms with Gasteiger partial charge in [-0.2, -0.15) is 0 Å². The number of benzene rings is 2. The molecule has 0 aromatic heterocycles. The molecule has 0 bridgehead atoms. The second kappa shape index (κ2) is 8.60. The Balaban J connectivity index is 1.86. The highest BCUT2D eigenvalue weighted by atomic mass is 79.9. The maximum Gasteiger partial charge on any atom is 0.293 e. The molecule has 3 rings (SSSR count). The molecule has 1 aliphatic heterocycles. The number of carbonyl (C=O) groups is 1. The molecule has 0 saturated carbocycles. The number of piperidine rings is 1. The van der Waals surface area contributed by atoms with Crippen molar-refractivity contribution in [1.82, 2.24) is 0 Å². The number of carbonyl (C=O) groups excluding carboxylic acids is 1. The number of hydrogen-bond donors (Lipinski definition) is 1. The quantitative estimate of drug-likeness (QED) is 0.522. The van der Waals surface area contributed by atoms with Crippen molar-refractivity contribution in [1.29, 1.82) is 0 Å². The first kappa shape index (κ1) is 20.1. The van der Waals surface area contributed by atoms with Crippen molar-refractivity contribution >= 4 is 38.9 Å². The zero-order chi connectivity index (χ0) is 20.3. The Kier molecular flexibility index (Phi) is 6.18. The number of rotatable bonds is 5. The normalized spacial score (nSPS) is 14.6. The molecule has 0 spiro atoms. The number of hydrogen-bond acceptors (Lipinski definition) is 5. The second-order valence-electron chi connectivity index (χ2n) is 6.93. The minimum absolute atomic E-state index is 0.0524. The predicted octanol–water partition coefficient (Wildman–Crippen LogP) is 4.85.